The van der Waals surface area contributed by atoms with Crippen molar-refractivity contribution in [2.75, 3.05) is 14.2 Å². The van der Waals surface area contributed by atoms with Gasteiger partial charge in [0.1, 0.15) is 4.83 Å². The second kappa shape index (κ2) is 8.92. The van der Waals surface area contributed by atoms with Gasteiger partial charge in [-0.3, -0.25) is 14.2 Å². The second-order valence-electron chi connectivity index (χ2n) is 7.49. The maximum absolute atomic E-state index is 13.5. The van der Waals surface area contributed by atoms with Crippen LogP contribution in [-0.2, 0) is 30.6 Å². The van der Waals surface area contributed by atoms with Gasteiger partial charge in [-0.2, -0.15) is 0 Å². The van der Waals surface area contributed by atoms with E-state index in [1.54, 1.807) is 37.0 Å². The van der Waals surface area contributed by atoms with Crippen LogP contribution in [0.25, 0.3) is 10.2 Å². The molecule has 1 aliphatic carbocycles. The van der Waals surface area contributed by atoms with E-state index in [2.05, 4.69) is 0 Å². The van der Waals surface area contributed by atoms with E-state index in [1.165, 1.54) is 16.6 Å². The average Bonchev–Trinajstić information content (AvgIpc) is 3.33. The summed E-state index contributed by atoms with van der Waals surface area (Å²) >= 11 is 2.83. The molecule has 0 radical (unpaired) electrons. The summed E-state index contributed by atoms with van der Waals surface area (Å²) in [6.07, 6.45) is 3.61. The lowest BCUT2D eigenvalue weighted by atomic mass is 10.1. The van der Waals surface area contributed by atoms with Gasteiger partial charge in [0.25, 0.3) is 5.56 Å². The van der Waals surface area contributed by atoms with Crippen LogP contribution in [0.1, 0.15) is 29.3 Å². The molecule has 164 valence electrons. The Labute approximate surface area is 188 Å². The van der Waals surface area contributed by atoms with Crippen molar-refractivity contribution in [1.82, 2.24) is 9.55 Å². The quantitative estimate of drug-likeness (QED) is 0.411. The third-order valence-electron chi connectivity index (χ3n) is 5.54. The zero-order chi connectivity index (χ0) is 22.1. The summed E-state index contributed by atoms with van der Waals surface area (Å²) in [7, 11) is 3.20. The number of aromatic nitrogens is 2. The first-order valence-corrected chi connectivity index (χ1v) is 11.8. The Morgan fingerprint density at radius 1 is 1.29 bits per heavy atom. The number of hydrogen-bond donors (Lipinski definition) is 1. The first-order chi connectivity index (χ1) is 14.9. The molecule has 1 aliphatic rings. The van der Waals surface area contributed by atoms with E-state index < -0.39 is 11.2 Å². The molecule has 0 aliphatic heterocycles. The lowest BCUT2D eigenvalue weighted by Gasteiger charge is -2.15. The van der Waals surface area contributed by atoms with Crippen molar-refractivity contribution in [2.24, 2.45) is 5.73 Å². The van der Waals surface area contributed by atoms with E-state index in [9.17, 15) is 9.59 Å². The predicted molar refractivity (Wildman–Crippen MR) is 124 cm³/mol. The molecule has 0 bridgehead atoms. The molecule has 0 spiro atoms. The SMILES string of the molecule is COc1ccc(CCn2c(SC(C)C(N)=O)nc3sc4c(c3c2=O)CCC4)cc1OC. The minimum absolute atomic E-state index is 0.0379. The largest absolute Gasteiger partial charge is 0.493 e. The Bertz CT molecular complexity index is 1200. The number of ether oxygens (including phenoxy) is 2. The number of benzene rings is 1. The van der Waals surface area contributed by atoms with Crippen LogP contribution in [0.3, 0.4) is 0 Å². The maximum Gasteiger partial charge on any atom is 0.263 e. The van der Waals surface area contributed by atoms with Gasteiger partial charge in [-0.1, -0.05) is 17.8 Å². The monoisotopic (exact) mass is 459 g/mol. The molecular formula is C22H25N3O4S2. The molecule has 0 saturated carbocycles. The van der Waals surface area contributed by atoms with Crippen molar-refractivity contribution < 1.29 is 14.3 Å². The zero-order valence-corrected chi connectivity index (χ0v) is 19.4. The third kappa shape index (κ3) is 4.16. The number of carbonyl (C=O) groups excluding carboxylic acids is 1. The predicted octanol–water partition coefficient (Wildman–Crippen LogP) is 3.17. The fraction of sp³-hybridized carbons (Fsp3) is 0.409. The summed E-state index contributed by atoms with van der Waals surface area (Å²) in [6, 6.07) is 5.73. The Balaban J connectivity index is 1.73. The Kier molecular flexibility index (Phi) is 6.24. The van der Waals surface area contributed by atoms with Gasteiger partial charge in [0.15, 0.2) is 16.7 Å². The minimum Gasteiger partial charge on any atom is -0.493 e. The molecule has 0 fully saturated rings. The maximum atomic E-state index is 13.5. The second-order valence-corrected chi connectivity index (χ2v) is 9.88. The van der Waals surface area contributed by atoms with Gasteiger partial charge in [-0.15, -0.1) is 11.3 Å². The fourth-order valence-corrected chi connectivity index (χ4v) is 6.03. The lowest BCUT2D eigenvalue weighted by Crippen LogP contribution is -2.27. The van der Waals surface area contributed by atoms with Crippen molar-refractivity contribution in [3.05, 3.63) is 44.6 Å². The third-order valence-corrected chi connectivity index (χ3v) is 7.84. The van der Waals surface area contributed by atoms with E-state index >= 15 is 0 Å². The van der Waals surface area contributed by atoms with Crippen molar-refractivity contribution in [2.45, 2.75) is 49.6 Å². The number of rotatable bonds is 8. The Morgan fingerprint density at radius 3 is 2.77 bits per heavy atom. The highest BCUT2D eigenvalue weighted by Crippen LogP contribution is 2.36. The summed E-state index contributed by atoms with van der Waals surface area (Å²) in [5, 5.41) is 0.786. The van der Waals surface area contributed by atoms with Gasteiger partial charge in [0.2, 0.25) is 5.91 Å². The van der Waals surface area contributed by atoms with Gasteiger partial charge in [-0.05, 0) is 55.9 Å². The normalized spacial score (nSPS) is 13.9. The summed E-state index contributed by atoms with van der Waals surface area (Å²) in [5.74, 6) is 0.875. The van der Waals surface area contributed by atoms with Crippen LogP contribution in [0.15, 0.2) is 28.2 Å². The van der Waals surface area contributed by atoms with Crippen LogP contribution in [0.5, 0.6) is 11.5 Å². The standard InChI is InChI=1S/C22H25N3O4S2/c1-12(19(23)26)30-22-24-20-18(14-5-4-6-17(14)31-20)21(27)25(22)10-9-13-7-8-15(28-2)16(11-13)29-3/h7-8,11-12H,4-6,9-10H2,1-3H3,(H2,23,26). The summed E-state index contributed by atoms with van der Waals surface area (Å²) in [4.78, 5) is 32.0. The van der Waals surface area contributed by atoms with Crippen LogP contribution in [0, 0.1) is 0 Å². The summed E-state index contributed by atoms with van der Waals surface area (Å²) < 4.78 is 12.4. The first-order valence-electron chi connectivity index (χ1n) is 10.1. The number of hydrogen-bond acceptors (Lipinski definition) is 7. The minimum atomic E-state index is -0.483. The van der Waals surface area contributed by atoms with Gasteiger partial charge < -0.3 is 15.2 Å². The van der Waals surface area contributed by atoms with E-state index in [1.807, 2.05) is 18.2 Å². The van der Waals surface area contributed by atoms with Crippen molar-refractivity contribution in [3.8, 4) is 11.5 Å². The van der Waals surface area contributed by atoms with Crippen LogP contribution >= 0.6 is 23.1 Å². The number of aryl methyl sites for hydroxylation is 3. The zero-order valence-electron chi connectivity index (χ0n) is 17.8. The Morgan fingerprint density at radius 2 is 2.06 bits per heavy atom. The molecule has 9 heteroatoms. The number of nitrogens with two attached hydrogens (primary N) is 1. The number of methoxy groups -OCH3 is 2. The van der Waals surface area contributed by atoms with Gasteiger partial charge in [-0.25, -0.2) is 4.98 Å². The number of fused-ring (bicyclic) bond motifs is 3. The molecule has 1 aromatic carbocycles. The molecule has 4 rings (SSSR count). The topological polar surface area (TPSA) is 96.4 Å². The molecule has 1 unspecified atom stereocenters. The first kappa shape index (κ1) is 21.7. The smallest absolute Gasteiger partial charge is 0.263 e. The Hall–Kier alpha value is -2.52. The molecule has 3 aromatic rings. The van der Waals surface area contributed by atoms with Crippen LogP contribution in [0.4, 0.5) is 0 Å². The molecular weight excluding hydrogens is 434 g/mol. The number of thioether (sulfide) groups is 1. The molecule has 2 aromatic heterocycles. The lowest BCUT2D eigenvalue weighted by molar-refractivity contribution is -0.117. The van der Waals surface area contributed by atoms with Crippen LogP contribution in [-0.4, -0.2) is 34.9 Å². The van der Waals surface area contributed by atoms with E-state index in [0.717, 1.165) is 40.6 Å². The molecule has 2 N–H and O–H groups in total. The number of carbonyl (C=O) groups is 1. The molecule has 1 amide bonds. The number of amides is 1. The molecule has 1 atom stereocenters. The van der Waals surface area contributed by atoms with E-state index in [0.29, 0.717) is 29.6 Å². The van der Waals surface area contributed by atoms with Crippen LogP contribution in [0.2, 0.25) is 0 Å². The highest BCUT2D eigenvalue weighted by Gasteiger charge is 2.24. The van der Waals surface area contributed by atoms with Crippen molar-refractivity contribution in [1.29, 1.82) is 0 Å². The molecule has 31 heavy (non-hydrogen) atoms. The molecule has 7 nitrogen and oxygen atoms in total. The fourth-order valence-electron chi connectivity index (χ4n) is 3.84. The number of thiophene rings is 1. The highest BCUT2D eigenvalue weighted by molar-refractivity contribution is 8.00. The average molecular weight is 460 g/mol. The van der Waals surface area contributed by atoms with Gasteiger partial charge in [0, 0.05) is 11.4 Å². The summed E-state index contributed by atoms with van der Waals surface area (Å²) in [6.45, 7) is 2.17. The highest BCUT2D eigenvalue weighted by atomic mass is 32.2. The van der Waals surface area contributed by atoms with Crippen LogP contribution < -0.4 is 20.8 Å². The van der Waals surface area contributed by atoms with Crippen molar-refractivity contribution in [3.63, 3.8) is 0 Å². The van der Waals surface area contributed by atoms with Gasteiger partial charge >= 0.3 is 0 Å². The van der Waals surface area contributed by atoms with Gasteiger partial charge in [0.05, 0.1) is 24.9 Å². The van der Waals surface area contributed by atoms with E-state index in [-0.39, 0.29) is 5.56 Å². The summed E-state index contributed by atoms with van der Waals surface area (Å²) in [5.41, 5.74) is 7.59. The number of nitrogens with zero attached hydrogens (tertiary/aromatic N) is 2. The van der Waals surface area contributed by atoms with E-state index in [4.69, 9.17) is 20.2 Å². The van der Waals surface area contributed by atoms with Crippen molar-refractivity contribution >= 4 is 39.2 Å². The number of primary amides is 1. The molecule has 0 saturated heterocycles. The molecule has 2 heterocycles.